The second-order valence-electron chi connectivity index (χ2n) is 8.34. The largest absolute Gasteiger partial charge is 0.469 e. The number of ether oxygens (including phenoxy) is 2. The van der Waals surface area contributed by atoms with E-state index in [1.807, 2.05) is 0 Å². The van der Waals surface area contributed by atoms with Crippen molar-refractivity contribution in [2.24, 2.45) is 11.8 Å². The van der Waals surface area contributed by atoms with Crippen LogP contribution in [0.15, 0.2) is 0 Å². The van der Waals surface area contributed by atoms with Gasteiger partial charge in [0.25, 0.3) is 0 Å². The SMILES string of the molecule is CCCCC(O)CCC[C@@H]1[C@H]2[C@H](F)[C@@H]([C@@H](I)CCCC(=O)OC)O[C@@H]2C[C@H]1O. The van der Waals surface area contributed by atoms with Crippen molar-refractivity contribution in [3.05, 3.63) is 0 Å². The highest BCUT2D eigenvalue weighted by Gasteiger charge is 2.56. The topological polar surface area (TPSA) is 76.0 Å². The fourth-order valence-electron chi connectivity index (χ4n) is 4.74. The van der Waals surface area contributed by atoms with Gasteiger partial charge < -0.3 is 19.7 Å². The number of carbonyl (C=O) groups is 1. The van der Waals surface area contributed by atoms with Crippen LogP contribution in [-0.2, 0) is 14.3 Å². The number of unbranched alkanes of at least 4 members (excludes halogenated alkanes) is 1. The molecule has 0 amide bonds. The Morgan fingerprint density at radius 2 is 2.00 bits per heavy atom. The van der Waals surface area contributed by atoms with Crippen molar-refractivity contribution in [1.82, 2.24) is 0 Å². The lowest BCUT2D eigenvalue weighted by atomic mass is 9.84. The molecule has 8 atom stereocenters. The van der Waals surface area contributed by atoms with E-state index >= 15 is 4.39 Å². The summed E-state index contributed by atoms with van der Waals surface area (Å²) in [5.41, 5.74) is 0. The molecular formula is C21H36FIO5. The minimum atomic E-state index is -1.09. The number of carbonyl (C=O) groups excluding carboxylic acids is 1. The van der Waals surface area contributed by atoms with Crippen molar-refractivity contribution in [3.63, 3.8) is 0 Å². The zero-order chi connectivity index (χ0) is 20.7. The number of halogens is 2. The fourth-order valence-corrected chi connectivity index (χ4v) is 5.74. The van der Waals surface area contributed by atoms with E-state index in [2.05, 4.69) is 34.3 Å². The van der Waals surface area contributed by atoms with Crippen LogP contribution in [-0.4, -0.2) is 57.8 Å². The van der Waals surface area contributed by atoms with Crippen LogP contribution < -0.4 is 0 Å². The maximum Gasteiger partial charge on any atom is 0.305 e. The first-order valence-corrected chi connectivity index (χ1v) is 12.0. The van der Waals surface area contributed by atoms with Gasteiger partial charge >= 0.3 is 5.97 Å². The molecule has 1 aliphatic heterocycles. The van der Waals surface area contributed by atoms with Gasteiger partial charge in [0.15, 0.2) is 0 Å². The Morgan fingerprint density at radius 1 is 1.29 bits per heavy atom. The van der Waals surface area contributed by atoms with Crippen LogP contribution in [0, 0.1) is 11.8 Å². The summed E-state index contributed by atoms with van der Waals surface area (Å²) in [4.78, 5) is 11.2. The molecule has 0 aromatic carbocycles. The average molecular weight is 514 g/mol. The summed E-state index contributed by atoms with van der Waals surface area (Å²) in [6.45, 7) is 2.11. The molecule has 5 nitrogen and oxygen atoms in total. The van der Waals surface area contributed by atoms with E-state index in [1.165, 1.54) is 7.11 Å². The van der Waals surface area contributed by atoms with E-state index in [4.69, 9.17) is 4.74 Å². The maximum absolute atomic E-state index is 15.2. The fraction of sp³-hybridized carbons (Fsp3) is 0.952. The molecule has 2 rings (SSSR count). The van der Waals surface area contributed by atoms with Gasteiger partial charge in [-0.3, -0.25) is 4.79 Å². The molecule has 2 aliphatic rings. The smallest absolute Gasteiger partial charge is 0.305 e. The number of hydrogen-bond donors (Lipinski definition) is 2. The molecule has 0 aromatic heterocycles. The first-order valence-electron chi connectivity index (χ1n) is 10.8. The van der Waals surface area contributed by atoms with E-state index in [0.717, 1.165) is 32.1 Å². The summed E-state index contributed by atoms with van der Waals surface area (Å²) in [6.07, 6.45) is 4.76. The van der Waals surface area contributed by atoms with Crippen LogP contribution in [0.1, 0.15) is 71.1 Å². The molecule has 1 saturated heterocycles. The first kappa shape index (κ1) is 24.3. The zero-order valence-electron chi connectivity index (χ0n) is 17.1. The Hall–Kier alpha value is 0.01000. The molecule has 1 heterocycles. The number of fused-ring (bicyclic) bond motifs is 1. The van der Waals surface area contributed by atoms with Gasteiger partial charge in [0.2, 0.25) is 0 Å². The lowest BCUT2D eigenvalue weighted by Gasteiger charge is -2.26. The van der Waals surface area contributed by atoms with Gasteiger partial charge in [-0.05, 0) is 38.0 Å². The second kappa shape index (κ2) is 12.0. The minimum Gasteiger partial charge on any atom is -0.469 e. The summed E-state index contributed by atoms with van der Waals surface area (Å²) in [5.74, 6) is -0.596. The summed E-state index contributed by atoms with van der Waals surface area (Å²) >= 11 is 2.23. The van der Waals surface area contributed by atoms with Crippen LogP contribution in [0.4, 0.5) is 4.39 Å². The third-order valence-corrected chi connectivity index (χ3v) is 7.65. The molecule has 1 saturated carbocycles. The molecule has 164 valence electrons. The standard InChI is InChI=1S/C21H36FIO5/c1-3-4-7-13(24)8-5-9-14-16(25)12-17-19(14)20(22)21(28-17)15(23)10-6-11-18(26)27-2/h13-17,19-21,24-25H,3-12H2,1-2H3/t13?,14-,15-,16+,17+,19+,20-,21+/m0/s1. The van der Waals surface area contributed by atoms with Crippen molar-refractivity contribution in [3.8, 4) is 0 Å². The summed E-state index contributed by atoms with van der Waals surface area (Å²) < 4.78 is 25.9. The minimum absolute atomic E-state index is 0.00323. The Balaban J connectivity index is 1.81. The molecule has 2 N–H and O–H groups in total. The number of esters is 1. The highest BCUT2D eigenvalue weighted by molar-refractivity contribution is 14.1. The van der Waals surface area contributed by atoms with Crippen LogP contribution in [0.5, 0.6) is 0 Å². The summed E-state index contributed by atoms with van der Waals surface area (Å²) in [7, 11) is 1.37. The second-order valence-corrected chi connectivity index (χ2v) is 9.94. The van der Waals surface area contributed by atoms with Gasteiger partial charge in [0.05, 0.1) is 25.4 Å². The maximum atomic E-state index is 15.2. The number of aliphatic hydroxyl groups excluding tert-OH is 2. The lowest BCUT2D eigenvalue weighted by molar-refractivity contribution is -0.140. The molecule has 28 heavy (non-hydrogen) atoms. The van der Waals surface area contributed by atoms with Crippen LogP contribution >= 0.6 is 22.6 Å². The van der Waals surface area contributed by atoms with Crippen molar-refractivity contribution in [2.75, 3.05) is 7.11 Å². The first-order chi connectivity index (χ1) is 13.4. The van der Waals surface area contributed by atoms with Crippen LogP contribution in [0.3, 0.4) is 0 Å². The van der Waals surface area contributed by atoms with Crippen molar-refractivity contribution < 1.29 is 28.9 Å². The molecule has 0 spiro atoms. The molecule has 7 heteroatoms. The Morgan fingerprint density at radius 3 is 2.68 bits per heavy atom. The molecule has 0 radical (unpaired) electrons. The van der Waals surface area contributed by atoms with E-state index in [0.29, 0.717) is 32.1 Å². The monoisotopic (exact) mass is 514 g/mol. The summed E-state index contributed by atoms with van der Waals surface area (Å²) in [5, 5.41) is 20.4. The van der Waals surface area contributed by atoms with E-state index in [-0.39, 0.29) is 33.9 Å². The third kappa shape index (κ3) is 6.51. The van der Waals surface area contributed by atoms with Crippen LogP contribution in [0.2, 0.25) is 0 Å². The Labute approximate surface area is 181 Å². The van der Waals surface area contributed by atoms with Gasteiger partial charge in [-0.15, -0.1) is 0 Å². The predicted molar refractivity (Wildman–Crippen MR) is 114 cm³/mol. The number of hydrogen-bond acceptors (Lipinski definition) is 5. The molecule has 1 aliphatic carbocycles. The van der Waals surface area contributed by atoms with E-state index in [9.17, 15) is 15.0 Å². The van der Waals surface area contributed by atoms with E-state index < -0.39 is 18.4 Å². The third-order valence-electron chi connectivity index (χ3n) is 6.32. The van der Waals surface area contributed by atoms with Gasteiger partial charge in [0, 0.05) is 22.7 Å². The van der Waals surface area contributed by atoms with Gasteiger partial charge in [0.1, 0.15) is 12.3 Å². The molecular weight excluding hydrogens is 478 g/mol. The molecule has 0 bridgehead atoms. The predicted octanol–water partition coefficient (Wildman–Crippen LogP) is 3.96. The summed E-state index contributed by atoms with van der Waals surface area (Å²) in [6, 6.07) is 0. The normalized spacial score (nSPS) is 34.2. The number of rotatable bonds is 12. The lowest BCUT2D eigenvalue weighted by Crippen LogP contribution is -2.35. The Kier molecular flexibility index (Phi) is 10.4. The number of aliphatic hydroxyl groups is 2. The van der Waals surface area contributed by atoms with Crippen LogP contribution in [0.25, 0.3) is 0 Å². The zero-order valence-corrected chi connectivity index (χ0v) is 19.2. The van der Waals surface area contributed by atoms with E-state index in [1.54, 1.807) is 0 Å². The molecule has 2 fully saturated rings. The van der Waals surface area contributed by atoms with Gasteiger partial charge in [-0.1, -0.05) is 48.8 Å². The molecule has 1 unspecified atom stereocenters. The van der Waals surface area contributed by atoms with Crippen molar-refractivity contribution >= 4 is 28.6 Å². The van der Waals surface area contributed by atoms with Gasteiger partial charge in [-0.2, -0.15) is 0 Å². The highest BCUT2D eigenvalue weighted by atomic mass is 127. The Bertz CT molecular complexity index is 480. The quantitative estimate of drug-likeness (QED) is 0.234. The highest BCUT2D eigenvalue weighted by Crippen LogP contribution is 2.48. The number of methoxy groups -OCH3 is 1. The van der Waals surface area contributed by atoms with Crippen molar-refractivity contribution in [1.29, 1.82) is 0 Å². The van der Waals surface area contributed by atoms with Crippen molar-refractivity contribution in [2.45, 2.75) is 106 Å². The molecule has 0 aromatic rings. The number of alkyl halides is 2. The van der Waals surface area contributed by atoms with Gasteiger partial charge in [-0.25, -0.2) is 4.39 Å². The average Bonchev–Trinajstić information content (AvgIpc) is 3.15.